The molecule has 0 amide bonds. The molecule has 0 saturated heterocycles. The van der Waals surface area contributed by atoms with Gasteiger partial charge in [-0.25, -0.2) is 4.79 Å². The quantitative estimate of drug-likeness (QED) is 0.00732. The van der Waals surface area contributed by atoms with Crippen LogP contribution in [0.2, 0.25) is 0 Å². The zero-order chi connectivity index (χ0) is 76.4. The SMILES string of the molecule is C.CC(C)I.CCC.CCC(I)I.CCCI.CCOC(=O)C(=O)CC(C)=O.CCOC(=O)Cc1cc(C)on1.Cc1cc(CBr)no1.Cc1cc(CN)no1.Cc1cc(CN=CN(C)C)no1.Cc1cc(CN=[N+]=[N-])no1.Cc1cc(CO)no1.[CH2-]C.[CH2-]C.[I][V]([I])[I].[I][V][I]. The van der Waals surface area contributed by atoms with Crippen molar-refractivity contribution >= 4 is 236 Å². The van der Waals surface area contributed by atoms with Gasteiger partial charge in [0.15, 0.2) is 0 Å². The van der Waals surface area contributed by atoms with Crippen LogP contribution in [-0.4, -0.2) is 108 Å². The Hall–Kier alpha value is 0.459. The van der Waals surface area contributed by atoms with Crippen molar-refractivity contribution in [3.63, 3.8) is 0 Å². The van der Waals surface area contributed by atoms with Gasteiger partial charge in [0.25, 0.3) is 0 Å². The summed E-state index contributed by atoms with van der Waals surface area (Å²) in [5, 5.41) is 34.4. The maximum absolute atomic E-state index is 10.9. The molecule has 6 heterocycles. The van der Waals surface area contributed by atoms with Crippen LogP contribution in [0.15, 0.2) is 73.6 Å². The number of ether oxygens (including phenoxy) is 2. The van der Waals surface area contributed by atoms with E-state index in [2.05, 4.69) is 317 Å². The number of carbonyl (C=O) groups is 4. The fraction of sp³-hybridized carbons (Fsp3) is 0.583. The number of aliphatic imine (C=N–C) groups is 1. The third kappa shape index (κ3) is 103. The van der Waals surface area contributed by atoms with Crippen molar-refractivity contribution < 1.29 is 75.3 Å². The molecule has 0 aliphatic rings. The number of hydrogen-bond acceptors (Lipinski definition) is 22. The second-order valence-electron chi connectivity index (χ2n) is 17.3. The van der Waals surface area contributed by atoms with Gasteiger partial charge in [-0.15, -0.1) is 0 Å². The first-order chi connectivity index (χ1) is 45.3. The summed E-state index contributed by atoms with van der Waals surface area (Å²) in [7, 11) is 4.48. The van der Waals surface area contributed by atoms with Gasteiger partial charge < -0.3 is 66.2 Å². The molecule has 37 heteroatoms. The number of rotatable bonds is 17. The number of carbonyl (C=O) groups excluding carboxylic acids is 4. The Morgan fingerprint density at radius 3 is 1.23 bits per heavy atom. The average molecular weight is 2520 g/mol. The van der Waals surface area contributed by atoms with Crippen molar-refractivity contribution in [2.24, 2.45) is 15.8 Å². The molecular weight excluding hydrogens is 2420 g/mol. The van der Waals surface area contributed by atoms with Crippen molar-refractivity contribution in [2.45, 2.75) is 195 Å². The van der Waals surface area contributed by atoms with Crippen molar-refractivity contribution in [3.8, 4) is 0 Å². The topological polar surface area (TPSA) is 354 Å². The van der Waals surface area contributed by atoms with Crippen LogP contribution in [0.4, 0.5) is 0 Å². The second-order valence-corrected chi connectivity index (χ2v) is 74.0. The van der Waals surface area contributed by atoms with E-state index in [1.54, 1.807) is 73.0 Å². The summed E-state index contributed by atoms with van der Waals surface area (Å²) in [4.78, 5) is 50.8. The van der Waals surface area contributed by atoms with Gasteiger partial charge in [0, 0.05) is 71.2 Å². The first-order valence-corrected chi connectivity index (χ1v) is 57.7. The molecule has 97 heavy (non-hydrogen) atoms. The van der Waals surface area contributed by atoms with E-state index < -0.39 is 11.8 Å². The van der Waals surface area contributed by atoms with Crippen LogP contribution in [-0.2, 0) is 81.0 Å². The van der Waals surface area contributed by atoms with Crippen LogP contribution < -0.4 is 5.73 Å². The Morgan fingerprint density at radius 1 is 0.701 bits per heavy atom. The zero-order valence-electron chi connectivity index (χ0n) is 58.3. The van der Waals surface area contributed by atoms with E-state index in [1.165, 1.54) is 30.6 Å². The normalized spacial score (nSPS) is 8.91. The van der Waals surface area contributed by atoms with Crippen molar-refractivity contribution in [3.05, 3.63) is 129 Å². The monoisotopic (exact) mass is 2520 g/mol. The standard InChI is InChI=1S/C8H13N3O.C8H11NO3.C7H10O4.C5H6BrNO.C5H6N4O.C5H8N2O.C5H7NO2.C3H6I2.2C3H7I.C3H8.2C2H5.CH4.5HI.2V/c1-7-4-8(10-12-7)5-9-6-11(2)3;1-3-11-8(10)5-7-4-6(2)12-9-7;1-3-11-7(10)6(9)4-5(2)8;1-4-2-5(3-6)7-8-4;1-4-2-5(8-10-4)3-7-9-6;1-4-2-5(3-6)7-8-4;1-4-2-5(3-7)6-8-4;1-2-3(4)5;1-3(2)4;1-2-3-4;1-3-2;2*1-2;;;;;;;;/h4,6H,5H2,1-3H3;4H,3,5H2,1-2H3;3-4H2,1-2H3;2H,3H2,1H3;2H,3H2,1H3;2H,3,6H2,1H3;2,7H,3H2,1H3;3H,2H2,1H3;3H,1-2H3;2-3H2,1H3;3H2,1-2H3;2*1H2,2H3;1H4;5*1H;;/q;;;;;;;;;;;2*-1;;;;;;;+2;+3/p-5. The molecule has 0 aromatic carbocycles. The van der Waals surface area contributed by atoms with Crippen molar-refractivity contribution in [2.75, 3.05) is 31.7 Å². The number of nitrogens with zero attached hydrogens (tertiary/aromatic N) is 11. The molecule has 0 saturated carbocycles. The number of halogens is 10. The first-order valence-electron chi connectivity index (χ1n) is 28.8. The van der Waals surface area contributed by atoms with E-state index in [9.17, 15) is 19.2 Å². The van der Waals surface area contributed by atoms with E-state index >= 15 is 0 Å². The molecule has 0 bridgehead atoms. The van der Waals surface area contributed by atoms with E-state index in [4.69, 9.17) is 43.7 Å². The van der Waals surface area contributed by atoms with E-state index in [0.29, 0.717) is 52.0 Å². The van der Waals surface area contributed by atoms with Crippen LogP contribution in [0, 0.1) is 55.4 Å². The summed E-state index contributed by atoms with van der Waals surface area (Å²) < 4.78 is 40.6. The van der Waals surface area contributed by atoms with Gasteiger partial charge in [0.05, 0.1) is 76.8 Å². The van der Waals surface area contributed by atoms with Crippen molar-refractivity contribution in [1.82, 2.24) is 35.8 Å². The van der Waals surface area contributed by atoms with Gasteiger partial charge in [-0.05, 0) is 85.1 Å². The first kappa shape index (κ1) is 119. The second kappa shape index (κ2) is 90.7. The summed E-state index contributed by atoms with van der Waals surface area (Å²) in [6.45, 7) is 40.3. The van der Waals surface area contributed by atoms with Gasteiger partial charge in [0.2, 0.25) is 5.78 Å². The number of aliphatic hydroxyl groups excluding tert-OH is 1. The fourth-order valence-corrected chi connectivity index (χ4v) is 4.51. The minimum atomic E-state index is -0.928. The van der Waals surface area contributed by atoms with E-state index in [0.717, 1.165) is 57.1 Å². The van der Waals surface area contributed by atoms with Gasteiger partial charge >= 0.3 is 126 Å². The number of hydrogen-bond donors (Lipinski definition) is 2. The molecule has 0 aliphatic carbocycles. The molecule has 25 nitrogen and oxygen atoms in total. The van der Waals surface area contributed by atoms with Crippen molar-refractivity contribution in [1.29, 1.82) is 0 Å². The van der Waals surface area contributed by atoms with Gasteiger partial charge in [-0.1, -0.05) is 198 Å². The molecular formula is C60H103BrI9N12O13V2-2. The van der Waals surface area contributed by atoms with E-state index in [1.807, 2.05) is 58.0 Å². The summed E-state index contributed by atoms with van der Waals surface area (Å²) in [5.41, 5.74) is 17.7. The van der Waals surface area contributed by atoms with Crippen LogP contribution >= 0.6 is 206 Å². The third-order valence-electron chi connectivity index (χ3n) is 7.47. The number of Topliss-reactive ketones (excluding diaryl/α,β-unsaturated/α-hetero) is 2. The number of esters is 2. The molecule has 0 fully saturated rings. The van der Waals surface area contributed by atoms with E-state index in [-0.39, 0.29) is 56.7 Å². The number of azide groups is 1. The number of aromatic nitrogens is 6. The third-order valence-corrected chi connectivity index (χ3v) is 10.9. The summed E-state index contributed by atoms with van der Waals surface area (Å²) in [5.74, 6) is 2.34. The van der Waals surface area contributed by atoms with Gasteiger partial charge in [-0.2, -0.15) is 13.8 Å². The maximum atomic E-state index is 10.9. The molecule has 563 valence electrons. The predicted molar refractivity (Wildman–Crippen MR) is 465 cm³/mol. The molecule has 3 N–H and O–H groups in total. The Balaban J connectivity index is -0.000000107. The van der Waals surface area contributed by atoms with Crippen LogP contribution in [0.1, 0.15) is 178 Å². The molecule has 0 radical (unpaired) electrons. The molecule has 0 atom stereocenters. The molecule has 6 rings (SSSR count). The number of aryl methyl sites for hydroxylation is 6. The van der Waals surface area contributed by atoms with Gasteiger partial charge in [-0.3, -0.25) is 19.4 Å². The number of alkyl halides is 5. The number of aliphatic hydroxyl groups is 1. The Morgan fingerprint density at radius 2 is 1.01 bits per heavy atom. The molecule has 0 unspecified atom stereocenters. The number of nitrogens with two attached hydrogens (primary N) is 1. The fourth-order valence-electron chi connectivity index (χ4n) is 4.25. The van der Waals surface area contributed by atoms with Crippen LogP contribution in [0.3, 0.4) is 0 Å². The van der Waals surface area contributed by atoms with Crippen LogP contribution in [0.5, 0.6) is 0 Å². The molecule has 6 aromatic rings. The Kier molecular flexibility index (Phi) is 111. The zero-order valence-corrected chi connectivity index (χ0v) is 82.1. The van der Waals surface area contributed by atoms with Gasteiger partial charge in [0.1, 0.15) is 51.7 Å². The molecule has 6 aromatic heterocycles. The Labute approximate surface area is 708 Å². The van der Waals surface area contributed by atoms with Crippen LogP contribution in [0.25, 0.3) is 10.4 Å². The summed E-state index contributed by atoms with van der Waals surface area (Å²) in [6.07, 6.45) is 5.41. The summed E-state index contributed by atoms with van der Waals surface area (Å²) >= 11 is 24.9. The Bertz CT molecular complexity index is 2620. The average Bonchev–Trinajstić information content (AvgIpc) is 2.46. The molecule has 0 spiro atoms. The number of ketones is 2. The predicted octanol–water partition coefficient (Wildman–Crippen LogP) is 21.3. The minimum absolute atomic E-state index is 0. The summed E-state index contributed by atoms with van der Waals surface area (Å²) in [6, 6.07) is 10.7. The molecule has 0 aliphatic heterocycles.